The molecule has 0 radical (unpaired) electrons. The summed E-state index contributed by atoms with van der Waals surface area (Å²) in [5.74, 6) is 0.0726. The fourth-order valence-corrected chi connectivity index (χ4v) is 8.51. The van der Waals surface area contributed by atoms with Crippen LogP contribution in [0.3, 0.4) is 0 Å². The van der Waals surface area contributed by atoms with Gasteiger partial charge in [-0.1, -0.05) is 103 Å². The lowest BCUT2D eigenvalue weighted by molar-refractivity contribution is -0.384. The van der Waals surface area contributed by atoms with Crippen LogP contribution in [0.15, 0.2) is 101 Å². The molecule has 1 saturated carbocycles. The first-order chi connectivity index (χ1) is 16.6. The molecule has 2 heterocycles. The summed E-state index contributed by atoms with van der Waals surface area (Å²) in [5.41, 5.74) is 3.68. The summed E-state index contributed by atoms with van der Waals surface area (Å²) in [6.45, 7) is 0. The van der Waals surface area contributed by atoms with Crippen LogP contribution in [0.4, 0.5) is 11.4 Å². The van der Waals surface area contributed by atoms with Gasteiger partial charge in [-0.25, -0.2) is 0 Å². The fraction of sp³-hybridized carbons (Fsp3) is 0.214. The molecule has 1 fully saturated rings. The van der Waals surface area contributed by atoms with Gasteiger partial charge in [-0.05, 0) is 36.1 Å². The highest BCUT2D eigenvalue weighted by Gasteiger charge is 2.51. The Hall–Kier alpha value is -2.96. The molecule has 2 aliphatic heterocycles. The topological polar surface area (TPSA) is 46.4 Å². The molecule has 3 aromatic carbocycles. The van der Waals surface area contributed by atoms with Crippen LogP contribution in [0.2, 0.25) is 0 Å². The average Bonchev–Trinajstić information content (AvgIpc) is 3.48. The predicted molar refractivity (Wildman–Crippen MR) is 143 cm³/mol. The number of anilines is 1. The van der Waals surface area contributed by atoms with E-state index in [1.54, 1.807) is 12.1 Å². The largest absolute Gasteiger partial charge is 0.320 e. The Morgan fingerprint density at radius 2 is 1.53 bits per heavy atom. The molecule has 0 bridgehead atoms. The zero-order valence-electron chi connectivity index (χ0n) is 18.6. The van der Waals surface area contributed by atoms with Gasteiger partial charge in [0.25, 0.3) is 5.69 Å². The number of hydrogen-bond acceptors (Lipinski definition) is 5. The molecule has 1 spiro atoms. The lowest BCUT2D eigenvalue weighted by atomic mass is 9.96. The number of nitro benzene ring substituents is 1. The van der Waals surface area contributed by atoms with Gasteiger partial charge in [0.1, 0.15) is 0 Å². The molecule has 6 heteroatoms. The summed E-state index contributed by atoms with van der Waals surface area (Å²) in [4.78, 5) is 16.2. The highest BCUT2D eigenvalue weighted by atomic mass is 32.2. The molecule has 0 aromatic heterocycles. The quantitative estimate of drug-likeness (QED) is 0.276. The molecule has 6 rings (SSSR count). The van der Waals surface area contributed by atoms with Crippen molar-refractivity contribution in [2.24, 2.45) is 0 Å². The summed E-state index contributed by atoms with van der Waals surface area (Å²) in [5, 5.41) is 12.6. The van der Waals surface area contributed by atoms with Gasteiger partial charge in [-0.3, -0.25) is 10.1 Å². The number of allylic oxidation sites excluding steroid dienone is 2. The fourth-order valence-electron chi connectivity index (χ4n) is 5.24. The Balaban J connectivity index is 1.50. The van der Waals surface area contributed by atoms with Gasteiger partial charge in [0, 0.05) is 33.5 Å². The van der Waals surface area contributed by atoms with E-state index < -0.39 is 0 Å². The van der Waals surface area contributed by atoms with Crippen molar-refractivity contribution in [1.82, 2.24) is 0 Å². The van der Waals surface area contributed by atoms with Crippen molar-refractivity contribution in [3.63, 3.8) is 0 Å². The standard InChI is InChI=1S/C28H24N2O2S2/c31-30(32)23-15-13-20(14-16-23)24-19-25(21-9-3-1-4-10-21)33-27-26(24)34-28(17-7-8-18-28)29(27)22-11-5-2-6-12-22/h1-6,9-16,19,24H,7-8,17-18H2. The molecule has 0 saturated heterocycles. The van der Waals surface area contributed by atoms with E-state index in [0.29, 0.717) is 0 Å². The highest BCUT2D eigenvalue weighted by molar-refractivity contribution is 8.14. The van der Waals surface area contributed by atoms with Crippen molar-refractivity contribution < 1.29 is 4.92 Å². The predicted octanol–water partition coefficient (Wildman–Crippen LogP) is 8.16. The molecule has 1 aliphatic carbocycles. The molecule has 0 N–H and O–H groups in total. The van der Waals surface area contributed by atoms with Gasteiger partial charge in [-0.2, -0.15) is 0 Å². The Morgan fingerprint density at radius 1 is 0.882 bits per heavy atom. The second-order valence-electron chi connectivity index (χ2n) is 8.92. The van der Waals surface area contributed by atoms with Crippen molar-refractivity contribution in [3.8, 4) is 0 Å². The number of non-ortho nitro benzene ring substituents is 1. The summed E-state index contributed by atoms with van der Waals surface area (Å²) < 4.78 is 0. The van der Waals surface area contributed by atoms with Crippen molar-refractivity contribution in [3.05, 3.63) is 122 Å². The second kappa shape index (κ2) is 8.67. The zero-order chi connectivity index (χ0) is 23.1. The van der Waals surface area contributed by atoms with Gasteiger partial charge < -0.3 is 4.90 Å². The van der Waals surface area contributed by atoms with Crippen molar-refractivity contribution in [2.45, 2.75) is 36.5 Å². The Morgan fingerprint density at radius 3 is 2.18 bits per heavy atom. The normalized spacial score (nSPS) is 21.0. The maximum Gasteiger partial charge on any atom is 0.269 e. The lowest BCUT2D eigenvalue weighted by Gasteiger charge is -2.37. The van der Waals surface area contributed by atoms with E-state index >= 15 is 0 Å². The van der Waals surface area contributed by atoms with Crippen LogP contribution in [0.25, 0.3) is 4.91 Å². The highest BCUT2D eigenvalue weighted by Crippen LogP contribution is 2.64. The molecule has 34 heavy (non-hydrogen) atoms. The number of hydrogen-bond donors (Lipinski definition) is 0. The number of nitro groups is 1. The van der Waals surface area contributed by atoms with Crippen LogP contribution in [0, 0.1) is 10.1 Å². The molecule has 3 aliphatic rings. The minimum Gasteiger partial charge on any atom is -0.320 e. The van der Waals surface area contributed by atoms with Crippen molar-refractivity contribution in [1.29, 1.82) is 0 Å². The van der Waals surface area contributed by atoms with E-state index in [1.807, 2.05) is 41.7 Å². The summed E-state index contributed by atoms with van der Waals surface area (Å²) in [6.07, 6.45) is 7.15. The third kappa shape index (κ3) is 3.65. The Bertz CT molecular complexity index is 1280. The Labute approximate surface area is 207 Å². The first-order valence-electron chi connectivity index (χ1n) is 11.6. The minimum absolute atomic E-state index is 0.0397. The van der Waals surface area contributed by atoms with Crippen LogP contribution in [-0.4, -0.2) is 9.79 Å². The van der Waals surface area contributed by atoms with Crippen LogP contribution in [0.1, 0.15) is 42.7 Å². The molecule has 0 amide bonds. The SMILES string of the molecule is O=[N+]([O-])c1ccc(C2C=C(c3ccccc3)SC3=C2SC2(CCCC2)N3c2ccccc2)cc1. The van der Waals surface area contributed by atoms with Gasteiger partial charge in [-0.15, -0.1) is 0 Å². The van der Waals surface area contributed by atoms with Crippen LogP contribution >= 0.6 is 23.5 Å². The number of nitrogens with zero attached hydrogens (tertiary/aromatic N) is 2. The Kier molecular flexibility index (Phi) is 5.50. The third-order valence-corrected chi connectivity index (χ3v) is 9.80. The van der Waals surface area contributed by atoms with E-state index in [-0.39, 0.29) is 21.4 Å². The number of thioether (sulfide) groups is 2. The van der Waals surface area contributed by atoms with Crippen molar-refractivity contribution >= 4 is 39.8 Å². The lowest BCUT2D eigenvalue weighted by Crippen LogP contribution is -2.39. The van der Waals surface area contributed by atoms with Crippen molar-refractivity contribution in [2.75, 3.05) is 4.90 Å². The van der Waals surface area contributed by atoms with Crippen LogP contribution in [-0.2, 0) is 0 Å². The summed E-state index contributed by atoms with van der Waals surface area (Å²) in [6, 6.07) is 28.4. The number of para-hydroxylation sites is 1. The molecule has 4 nitrogen and oxygen atoms in total. The smallest absolute Gasteiger partial charge is 0.269 e. The molecule has 1 atom stereocenters. The van der Waals surface area contributed by atoms with E-state index in [2.05, 4.69) is 65.6 Å². The first-order valence-corrected chi connectivity index (χ1v) is 13.3. The van der Waals surface area contributed by atoms with Crippen LogP contribution in [0.5, 0.6) is 0 Å². The zero-order valence-corrected chi connectivity index (χ0v) is 20.2. The minimum atomic E-state index is -0.328. The maximum absolute atomic E-state index is 11.2. The van der Waals surface area contributed by atoms with Gasteiger partial charge in [0.15, 0.2) is 0 Å². The van der Waals surface area contributed by atoms with Crippen LogP contribution < -0.4 is 4.90 Å². The van der Waals surface area contributed by atoms with E-state index in [4.69, 9.17) is 0 Å². The van der Waals surface area contributed by atoms with E-state index in [1.165, 1.54) is 38.9 Å². The molecular weight excluding hydrogens is 460 g/mol. The van der Waals surface area contributed by atoms with E-state index in [9.17, 15) is 10.1 Å². The first kappa shape index (κ1) is 21.6. The van der Waals surface area contributed by atoms with Gasteiger partial charge >= 0.3 is 0 Å². The molecule has 3 aromatic rings. The van der Waals surface area contributed by atoms with Gasteiger partial charge in [0.2, 0.25) is 0 Å². The number of benzene rings is 3. The van der Waals surface area contributed by atoms with Gasteiger partial charge in [0.05, 0.1) is 14.8 Å². The monoisotopic (exact) mass is 484 g/mol. The number of rotatable bonds is 4. The average molecular weight is 485 g/mol. The van der Waals surface area contributed by atoms with E-state index in [0.717, 1.165) is 18.4 Å². The maximum atomic E-state index is 11.2. The molecule has 170 valence electrons. The summed E-state index contributed by atoms with van der Waals surface area (Å²) >= 11 is 3.89. The third-order valence-electron chi connectivity index (χ3n) is 6.85. The summed E-state index contributed by atoms with van der Waals surface area (Å²) in [7, 11) is 0. The second-order valence-corrected chi connectivity index (χ2v) is 11.4. The molecule has 1 unspecified atom stereocenters. The molecular formula is C28H24N2O2S2.